The van der Waals surface area contributed by atoms with E-state index < -0.39 is 8.56 Å². The quantitative estimate of drug-likeness (QED) is 0.369. The van der Waals surface area contributed by atoms with Gasteiger partial charge in [-0.05, 0) is 19.0 Å². The molecule has 0 fully saturated rings. The first kappa shape index (κ1) is 11.4. The topological polar surface area (TPSA) is 18.5 Å². The first-order valence-electron chi connectivity index (χ1n) is 3.85. The fourth-order valence-corrected chi connectivity index (χ4v) is 2.48. The highest BCUT2D eigenvalue weighted by atomic mass is 35.5. The van der Waals surface area contributed by atoms with Crippen LogP contribution in [0.5, 0.6) is 0 Å². The van der Waals surface area contributed by atoms with Gasteiger partial charge in [-0.25, -0.2) is 0 Å². The molecule has 0 amide bonds. The van der Waals surface area contributed by atoms with Crippen molar-refractivity contribution in [2.24, 2.45) is 0 Å². The summed E-state index contributed by atoms with van der Waals surface area (Å²) in [6, 6.07) is 1.03. The minimum atomic E-state index is -1.79. The van der Waals surface area contributed by atoms with Crippen LogP contribution >= 0.6 is 11.6 Å². The van der Waals surface area contributed by atoms with Gasteiger partial charge in [0.15, 0.2) is 0 Å². The first-order chi connectivity index (χ1) is 5.18. The Bertz CT molecular complexity index is 96.4. The van der Waals surface area contributed by atoms with Crippen molar-refractivity contribution in [1.82, 2.24) is 0 Å². The van der Waals surface area contributed by atoms with Crippen molar-refractivity contribution < 1.29 is 8.85 Å². The number of hydrogen-bond donors (Lipinski definition) is 0. The van der Waals surface area contributed by atoms with Gasteiger partial charge in [-0.15, -0.1) is 11.6 Å². The molecule has 0 aromatic carbocycles. The number of rotatable bonds is 6. The largest absolute Gasteiger partial charge is 0.398 e. The van der Waals surface area contributed by atoms with E-state index in [0.29, 0.717) is 0 Å². The lowest BCUT2D eigenvalue weighted by atomic mass is 10.4. The van der Waals surface area contributed by atoms with Crippen molar-refractivity contribution in [2.75, 3.05) is 20.1 Å². The summed E-state index contributed by atoms with van der Waals surface area (Å²) in [7, 11) is 1.64. The van der Waals surface area contributed by atoms with Gasteiger partial charge >= 0.3 is 8.56 Å². The molecule has 0 saturated heterocycles. The van der Waals surface area contributed by atoms with Crippen molar-refractivity contribution in [3.63, 3.8) is 0 Å². The van der Waals surface area contributed by atoms with Crippen LogP contribution in [0.25, 0.3) is 0 Å². The van der Waals surface area contributed by atoms with Crippen LogP contribution in [0.2, 0.25) is 12.6 Å². The molecule has 0 spiro atoms. The van der Waals surface area contributed by atoms with E-state index in [1.54, 1.807) is 14.2 Å². The lowest BCUT2D eigenvalue weighted by Gasteiger charge is -2.22. The maximum Gasteiger partial charge on any atom is 0.334 e. The van der Waals surface area contributed by atoms with Crippen molar-refractivity contribution in [2.45, 2.75) is 25.4 Å². The van der Waals surface area contributed by atoms with Crippen LogP contribution in [0.1, 0.15) is 12.8 Å². The van der Waals surface area contributed by atoms with E-state index in [-0.39, 0.29) is 0 Å². The van der Waals surface area contributed by atoms with Crippen molar-refractivity contribution in [3.8, 4) is 0 Å². The summed E-state index contributed by atoms with van der Waals surface area (Å²) in [6.07, 6.45) is 2.16. The molecule has 11 heavy (non-hydrogen) atoms. The molecule has 0 saturated carbocycles. The summed E-state index contributed by atoms with van der Waals surface area (Å²) >= 11 is 5.55. The molecule has 0 aliphatic heterocycles. The lowest BCUT2D eigenvalue weighted by Crippen LogP contribution is -2.35. The average Bonchev–Trinajstić information content (AvgIpc) is 2.05. The number of hydrogen-bond acceptors (Lipinski definition) is 2. The zero-order valence-corrected chi connectivity index (χ0v) is 9.28. The van der Waals surface area contributed by atoms with E-state index in [1.165, 1.54) is 0 Å². The second-order valence-corrected chi connectivity index (χ2v) is 6.65. The minimum Gasteiger partial charge on any atom is -0.398 e. The van der Waals surface area contributed by atoms with Crippen LogP contribution in [0.15, 0.2) is 0 Å². The van der Waals surface area contributed by atoms with E-state index in [0.717, 1.165) is 24.8 Å². The Morgan fingerprint density at radius 1 is 1.18 bits per heavy atom. The summed E-state index contributed by atoms with van der Waals surface area (Å²) in [5.41, 5.74) is 0. The summed E-state index contributed by atoms with van der Waals surface area (Å²) in [5, 5.41) is 0. The maximum atomic E-state index is 5.55. The molecule has 0 bridgehead atoms. The van der Waals surface area contributed by atoms with Gasteiger partial charge in [0.25, 0.3) is 0 Å². The second-order valence-electron chi connectivity index (χ2n) is 2.69. The lowest BCUT2D eigenvalue weighted by molar-refractivity contribution is 0.248. The van der Waals surface area contributed by atoms with Gasteiger partial charge in [0.2, 0.25) is 0 Å². The Labute approximate surface area is 75.1 Å². The minimum absolute atomic E-state index is 0.734. The molecule has 0 rings (SSSR count). The highest BCUT2D eigenvalue weighted by Crippen LogP contribution is 2.14. The Balaban J connectivity index is 3.51. The molecular weight excluding hydrogens is 180 g/mol. The van der Waals surface area contributed by atoms with Gasteiger partial charge in [0, 0.05) is 20.1 Å². The number of halogens is 1. The molecular formula is C7H17ClO2Si. The average molecular weight is 197 g/mol. The van der Waals surface area contributed by atoms with E-state index in [4.69, 9.17) is 20.5 Å². The zero-order valence-electron chi connectivity index (χ0n) is 7.52. The van der Waals surface area contributed by atoms with Gasteiger partial charge in [-0.2, -0.15) is 0 Å². The summed E-state index contributed by atoms with van der Waals surface area (Å²) in [4.78, 5) is 0. The fraction of sp³-hybridized carbons (Fsp3) is 1.00. The van der Waals surface area contributed by atoms with Gasteiger partial charge in [-0.1, -0.05) is 6.42 Å². The standard InChI is InChI=1S/C7H17ClO2Si/c1-9-11(3,10-2)7-5-4-6-8/h4-7H2,1-3H3. The molecule has 0 aromatic rings. The molecule has 0 aliphatic carbocycles. The predicted molar refractivity (Wildman–Crippen MR) is 50.4 cm³/mol. The molecule has 0 heterocycles. The molecule has 2 nitrogen and oxygen atoms in total. The van der Waals surface area contributed by atoms with Gasteiger partial charge in [0.1, 0.15) is 0 Å². The highest BCUT2D eigenvalue weighted by Gasteiger charge is 2.27. The van der Waals surface area contributed by atoms with Crippen LogP contribution < -0.4 is 0 Å². The normalized spacial score (nSPS) is 12.0. The highest BCUT2D eigenvalue weighted by molar-refractivity contribution is 6.65. The van der Waals surface area contributed by atoms with Crippen LogP contribution in [-0.2, 0) is 8.85 Å². The molecule has 68 valence electrons. The second kappa shape index (κ2) is 6.00. The zero-order chi connectivity index (χ0) is 8.74. The third-order valence-electron chi connectivity index (χ3n) is 1.88. The summed E-state index contributed by atoms with van der Waals surface area (Å²) < 4.78 is 10.6. The van der Waals surface area contributed by atoms with Crippen molar-refractivity contribution in [1.29, 1.82) is 0 Å². The molecule has 0 aromatic heterocycles. The Morgan fingerprint density at radius 3 is 2.09 bits per heavy atom. The van der Waals surface area contributed by atoms with Crippen molar-refractivity contribution in [3.05, 3.63) is 0 Å². The summed E-state index contributed by atoms with van der Waals surface area (Å²) in [6.45, 7) is 2.07. The van der Waals surface area contributed by atoms with Gasteiger partial charge in [-0.3, -0.25) is 0 Å². The van der Waals surface area contributed by atoms with Crippen LogP contribution in [0, 0.1) is 0 Å². The van der Waals surface area contributed by atoms with E-state index >= 15 is 0 Å². The third kappa shape index (κ3) is 4.79. The predicted octanol–water partition coefficient (Wildman–Crippen LogP) is 2.37. The fourth-order valence-electron chi connectivity index (χ4n) is 0.828. The van der Waals surface area contributed by atoms with Crippen LogP contribution in [-0.4, -0.2) is 28.7 Å². The molecule has 0 unspecified atom stereocenters. The van der Waals surface area contributed by atoms with E-state index in [9.17, 15) is 0 Å². The van der Waals surface area contributed by atoms with E-state index in [2.05, 4.69) is 6.55 Å². The Hall–Kier alpha value is 0.427. The molecule has 0 aliphatic rings. The number of alkyl halides is 1. The van der Waals surface area contributed by atoms with Crippen molar-refractivity contribution >= 4 is 20.2 Å². The Kier molecular flexibility index (Phi) is 6.23. The van der Waals surface area contributed by atoms with E-state index in [1.807, 2.05) is 0 Å². The number of unbranched alkanes of at least 4 members (excludes halogenated alkanes) is 1. The maximum absolute atomic E-state index is 5.55. The summed E-state index contributed by atoms with van der Waals surface area (Å²) in [5.74, 6) is 0.734. The third-order valence-corrected chi connectivity index (χ3v) is 5.13. The molecule has 0 radical (unpaired) electrons. The Morgan fingerprint density at radius 2 is 1.73 bits per heavy atom. The van der Waals surface area contributed by atoms with Gasteiger partial charge in [0.05, 0.1) is 0 Å². The first-order valence-corrected chi connectivity index (χ1v) is 6.90. The van der Waals surface area contributed by atoms with Gasteiger partial charge < -0.3 is 8.85 Å². The van der Waals surface area contributed by atoms with Crippen LogP contribution in [0.3, 0.4) is 0 Å². The monoisotopic (exact) mass is 196 g/mol. The molecule has 0 N–H and O–H groups in total. The molecule has 0 atom stereocenters. The SMILES string of the molecule is CO[Si](C)(CCCCCl)OC. The smallest absolute Gasteiger partial charge is 0.334 e. The molecule has 4 heteroatoms. The van der Waals surface area contributed by atoms with Crippen LogP contribution in [0.4, 0.5) is 0 Å².